The minimum Gasteiger partial charge on any atom is -0.405 e. The number of benzene rings is 1. The van der Waals surface area contributed by atoms with Crippen LogP contribution in [0.3, 0.4) is 0 Å². The van der Waals surface area contributed by atoms with Crippen molar-refractivity contribution < 1.29 is 35.9 Å². The van der Waals surface area contributed by atoms with Gasteiger partial charge in [0.25, 0.3) is 0 Å². The second-order valence-electron chi connectivity index (χ2n) is 4.32. The van der Waals surface area contributed by atoms with Gasteiger partial charge in [-0.2, -0.15) is 13.2 Å². The van der Waals surface area contributed by atoms with Crippen molar-refractivity contribution in [3.05, 3.63) is 47.7 Å². The SMILES string of the molecule is O=Cc1cc(-c2ccccc2OC(F)(F)F)ncc1C(F)(F)F. The van der Waals surface area contributed by atoms with E-state index in [0.717, 1.165) is 12.1 Å². The molecular weight excluding hydrogens is 328 g/mol. The lowest BCUT2D eigenvalue weighted by Crippen LogP contribution is -2.17. The Balaban J connectivity index is 2.54. The van der Waals surface area contributed by atoms with Crippen molar-refractivity contribution in [1.29, 1.82) is 0 Å². The molecule has 0 radical (unpaired) electrons. The Labute approximate surface area is 125 Å². The summed E-state index contributed by atoms with van der Waals surface area (Å²) in [6.45, 7) is 0. The molecule has 0 atom stereocenters. The van der Waals surface area contributed by atoms with E-state index < -0.39 is 29.4 Å². The van der Waals surface area contributed by atoms with E-state index in [1.165, 1.54) is 18.2 Å². The molecular formula is C14H7F6NO2. The maximum Gasteiger partial charge on any atom is 0.573 e. The first kappa shape index (κ1) is 16.8. The van der Waals surface area contributed by atoms with Gasteiger partial charge >= 0.3 is 12.5 Å². The number of halogens is 6. The number of nitrogens with zero attached hydrogens (tertiary/aromatic N) is 1. The molecule has 0 aliphatic carbocycles. The van der Waals surface area contributed by atoms with Crippen LogP contribution in [0.25, 0.3) is 11.3 Å². The van der Waals surface area contributed by atoms with E-state index in [1.54, 1.807) is 0 Å². The molecule has 1 aromatic heterocycles. The third-order valence-electron chi connectivity index (χ3n) is 2.76. The molecule has 23 heavy (non-hydrogen) atoms. The number of alkyl halides is 6. The number of hydrogen-bond acceptors (Lipinski definition) is 3. The van der Waals surface area contributed by atoms with E-state index in [9.17, 15) is 31.1 Å². The number of aromatic nitrogens is 1. The molecule has 0 saturated carbocycles. The fraction of sp³-hybridized carbons (Fsp3) is 0.143. The zero-order valence-corrected chi connectivity index (χ0v) is 11.1. The predicted molar refractivity (Wildman–Crippen MR) is 66.7 cm³/mol. The van der Waals surface area contributed by atoms with Gasteiger partial charge < -0.3 is 4.74 Å². The standard InChI is InChI=1S/C14H7F6NO2/c15-13(16,17)10-6-21-11(5-8(10)7-22)9-3-1-2-4-12(9)23-14(18,19)20/h1-7H. The number of hydrogen-bond donors (Lipinski definition) is 0. The van der Waals surface area contributed by atoms with E-state index in [2.05, 4.69) is 9.72 Å². The molecule has 0 amide bonds. The van der Waals surface area contributed by atoms with Gasteiger partial charge in [0, 0.05) is 17.3 Å². The molecule has 1 heterocycles. The smallest absolute Gasteiger partial charge is 0.405 e. The number of para-hydroxylation sites is 1. The Morgan fingerprint density at radius 3 is 2.26 bits per heavy atom. The second-order valence-corrected chi connectivity index (χ2v) is 4.32. The lowest BCUT2D eigenvalue weighted by Gasteiger charge is -2.14. The Morgan fingerprint density at radius 2 is 1.70 bits per heavy atom. The van der Waals surface area contributed by atoms with Crippen molar-refractivity contribution >= 4 is 6.29 Å². The normalized spacial score (nSPS) is 12.1. The maximum atomic E-state index is 12.7. The monoisotopic (exact) mass is 335 g/mol. The van der Waals surface area contributed by atoms with Gasteiger partial charge in [0.15, 0.2) is 6.29 Å². The highest BCUT2D eigenvalue weighted by atomic mass is 19.4. The van der Waals surface area contributed by atoms with Gasteiger partial charge in [0.1, 0.15) is 5.75 Å². The number of carbonyl (C=O) groups excluding carboxylic acids is 1. The van der Waals surface area contributed by atoms with Crippen LogP contribution >= 0.6 is 0 Å². The second kappa shape index (κ2) is 5.90. The summed E-state index contributed by atoms with van der Waals surface area (Å²) in [4.78, 5) is 14.3. The predicted octanol–water partition coefficient (Wildman–Crippen LogP) is 4.48. The zero-order chi connectivity index (χ0) is 17.3. The molecule has 2 rings (SSSR count). The van der Waals surface area contributed by atoms with Crippen molar-refractivity contribution in [1.82, 2.24) is 4.98 Å². The molecule has 1 aromatic carbocycles. The summed E-state index contributed by atoms with van der Waals surface area (Å²) >= 11 is 0. The van der Waals surface area contributed by atoms with E-state index in [4.69, 9.17) is 0 Å². The quantitative estimate of drug-likeness (QED) is 0.613. The molecule has 2 aromatic rings. The molecule has 0 aliphatic rings. The largest absolute Gasteiger partial charge is 0.573 e. The van der Waals surface area contributed by atoms with E-state index >= 15 is 0 Å². The molecule has 9 heteroatoms. The molecule has 0 N–H and O–H groups in total. The Hall–Kier alpha value is -2.58. The third-order valence-corrected chi connectivity index (χ3v) is 2.76. The van der Waals surface area contributed by atoms with Crippen LogP contribution in [0.2, 0.25) is 0 Å². The molecule has 0 spiro atoms. The highest BCUT2D eigenvalue weighted by Gasteiger charge is 2.35. The van der Waals surface area contributed by atoms with E-state index in [-0.39, 0.29) is 17.5 Å². The van der Waals surface area contributed by atoms with Crippen molar-refractivity contribution in [2.75, 3.05) is 0 Å². The number of ether oxygens (including phenoxy) is 1. The van der Waals surface area contributed by atoms with Crippen LogP contribution in [0.15, 0.2) is 36.5 Å². The van der Waals surface area contributed by atoms with Crippen LogP contribution in [-0.4, -0.2) is 17.6 Å². The number of carbonyl (C=O) groups is 1. The minimum absolute atomic E-state index is 0.0404. The fourth-order valence-electron chi connectivity index (χ4n) is 1.84. The zero-order valence-electron chi connectivity index (χ0n) is 11.1. The van der Waals surface area contributed by atoms with Crippen LogP contribution in [0.4, 0.5) is 26.3 Å². The lowest BCUT2D eigenvalue weighted by atomic mass is 10.1. The molecule has 122 valence electrons. The van der Waals surface area contributed by atoms with Crippen molar-refractivity contribution in [3.8, 4) is 17.0 Å². The van der Waals surface area contributed by atoms with Gasteiger partial charge in [0.05, 0.1) is 11.3 Å². The summed E-state index contributed by atoms with van der Waals surface area (Å²) in [5.41, 5.74) is -2.45. The summed E-state index contributed by atoms with van der Waals surface area (Å²) in [7, 11) is 0. The van der Waals surface area contributed by atoms with E-state index in [1.807, 2.05) is 0 Å². The number of pyridine rings is 1. The first-order valence-electron chi connectivity index (χ1n) is 5.99. The van der Waals surface area contributed by atoms with Gasteiger partial charge in [-0.15, -0.1) is 13.2 Å². The Bertz CT molecular complexity index is 724. The van der Waals surface area contributed by atoms with Gasteiger partial charge in [-0.05, 0) is 18.2 Å². The summed E-state index contributed by atoms with van der Waals surface area (Å²) in [6.07, 6.45) is -9.43. The van der Waals surface area contributed by atoms with Crippen LogP contribution in [0.1, 0.15) is 15.9 Å². The van der Waals surface area contributed by atoms with Crippen LogP contribution in [0.5, 0.6) is 5.75 Å². The molecule has 0 bridgehead atoms. The first-order valence-corrected chi connectivity index (χ1v) is 5.99. The molecule has 0 fully saturated rings. The summed E-state index contributed by atoms with van der Waals surface area (Å²) in [6, 6.07) is 5.55. The molecule has 0 saturated heterocycles. The van der Waals surface area contributed by atoms with Crippen LogP contribution in [-0.2, 0) is 6.18 Å². The molecule has 3 nitrogen and oxygen atoms in total. The van der Waals surface area contributed by atoms with Crippen molar-refractivity contribution in [2.45, 2.75) is 12.5 Å². The number of rotatable bonds is 3. The average molecular weight is 335 g/mol. The van der Waals surface area contributed by atoms with Crippen LogP contribution in [0, 0.1) is 0 Å². The third kappa shape index (κ3) is 3.99. The highest BCUT2D eigenvalue weighted by molar-refractivity contribution is 5.81. The lowest BCUT2D eigenvalue weighted by molar-refractivity contribution is -0.274. The van der Waals surface area contributed by atoms with Crippen molar-refractivity contribution in [2.24, 2.45) is 0 Å². The van der Waals surface area contributed by atoms with Crippen LogP contribution < -0.4 is 4.74 Å². The summed E-state index contributed by atoms with van der Waals surface area (Å²) in [5.74, 6) is -0.635. The van der Waals surface area contributed by atoms with Gasteiger partial charge in [0.2, 0.25) is 0 Å². The number of aldehydes is 1. The first-order chi connectivity index (χ1) is 10.6. The Morgan fingerprint density at radius 1 is 1.04 bits per heavy atom. The summed E-state index contributed by atoms with van der Waals surface area (Å²) in [5, 5.41) is 0. The fourth-order valence-corrected chi connectivity index (χ4v) is 1.84. The Kier molecular flexibility index (Phi) is 4.31. The van der Waals surface area contributed by atoms with E-state index in [0.29, 0.717) is 6.20 Å². The average Bonchev–Trinajstić information content (AvgIpc) is 2.44. The summed E-state index contributed by atoms with van der Waals surface area (Å²) < 4.78 is 79.0. The molecule has 0 unspecified atom stereocenters. The van der Waals surface area contributed by atoms with Gasteiger partial charge in [-0.1, -0.05) is 12.1 Å². The highest BCUT2D eigenvalue weighted by Crippen LogP contribution is 2.36. The van der Waals surface area contributed by atoms with Crippen molar-refractivity contribution in [3.63, 3.8) is 0 Å². The van der Waals surface area contributed by atoms with Gasteiger partial charge in [-0.3, -0.25) is 9.78 Å². The minimum atomic E-state index is -4.98. The molecule has 0 aliphatic heterocycles. The van der Waals surface area contributed by atoms with Gasteiger partial charge in [-0.25, -0.2) is 0 Å². The topological polar surface area (TPSA) is 39.2 Å². The maximum absolute atomic E-state index is 12.7.